The number of halogens is 3. The van der Waals surface area contributed by atoms with E-state index in [2.05, 4.69) is 11.2 Å². The van der Waals surface area contributed by atoms with Gasteiger partial charge in [0.1, 0.15) is 5.69 Å². The van der Waals surface area contributed by atoms with Crippen molar-refractivity contribution in [3.63, 3.8) is 0 Å². The lowest BCUT2D eigenvalue weighted by Gasteiger charge is -2.08. The largest absolute Gasteiger partial charge is 0.338 e. The zero-order valence-electron chi connectivity index (χ0n) is 11.9. The molecule has 1 unspecified atom stereocenters. The third kappa shape index (κ3) is 2.80. The van der Waals surface area contributed by atoms with Crippen LogP contribution in [0.1, 0.15) is 22.6 Å². The molecule has 1 amide bonds. The zero-order valence-corrected chi connectivity index (χ0v) is 13.5. The standard InChI is InChI=1S/C15H13ClF2N2O2S/c1-23(22)14-11-3-2-6-20(11)13(12(14)16)15(21)19-8-4-5-9(17)10(18)7-8/h4-5,7,22H,1-3,6H2,(H,19,21). The van der Waals surface area contributed by atoms with Gasteiger partial charge in [0.05, 0.1) is 9.92 Å². The van der Waals surface area contributed by atoms with E-state index in [1.807, 2.05) is 0 Å². The molecule has 23 heavy (non-hydrogen) atoms. The summed E-state index contributed by atoms with van der Waals surface area (Å²) in [6, 6.07) is 3.09. The van der Waals surface area contributed by atoms with E-state index >= 15 is 0 Å². The van der Waals surface area contributed by atoms with Gasteiger partial charge in [-0.3, -0.25) is 4.79 Å². The fraction of sp³-hybridized carbons (Fsp3) is 0.200. The number of nitrogens with one attached hydrogen (secondary N) is 1. The van der Waals surface area contributed by atoms with Gasteiger partial charge in [0.15, 0.2) is 11.6 Å². The quantitative estimate of drug-likeness (QED) is 0.810. The second-order valence-electron chi connectivity index (χ2n) is 5.14. The molecule has 1 aromatic heterocycles. The van der Waals surface area contributed by atoms with Gasteiger partial charge in [-0.1, -0.05) is 11.6 Å². The molecule has 2 aromatic rings. The highest BCUT2D eigenvalue weighted by atomic mass is 35.5. The van der Waals surface area contributed by atoms with Crippen LogP contribution in [-0.2, 0) is 13.0 Å². The Labute approximate surface area is 138 Å². The number of hydrogen-bond donors (Lipinski definition) is 2. The van der Waals surface area contributed by atoms with Crippen LogP contribution in [-0.4, -0.2) is 20.9 Å². The molecule has 1 aromatic carbocycles. The lowest BCUT2D eigenvalue weighted by molar-refractivity contribution is 0.101. The number of hydrogen-bond acceptors (Lipinski definition) is 2. The van der Waals surface area contributed by atoms with E-state index in [1.165, 1.54) is 6.07 Å². The highest BCUT2D eigenvalue weighted by Crippen LogP contribution is 2.41. The van der Waals surface area contributed by atoms with Crippen LogP contribution in [0.15, 0.2) is 23.1 Å². The Morgan fingerprint density at radius 3 is 2.78 bits per heavy atom. The van der Waals surface area contributed by atoms with E-state index in [0.717, 1.165) is 24.2 Å². The van der Waals surface area contributed by atoms with Crippen LogP contribution in [0.4, 0.5) is 14.5 Å². The summed E-state index contributed by atoms with van der Waals surface area (Å²) in [4.78, 5) is 13.0. The normalized spacial score (nSPS) is 14.6. The number of fused-ring (bicyclic) bond motifs is 1. The molecule has 3 rings (SSSR count). The third-order valence-electron chi connectivity index (χ3n) is 3.69. The SMILES string of the molecule is C=S(O)c1c(Cl)c(C(=O)Nc2ccc(F)c(F)c2)n2c1CCC2. The maximum atomic E-state index is 13.2. The Morgan fingerprint density at radius 1 is 1.39 bits per heavy atom. The van der Waals surface area contributed by atoms with E-state index in [9.17, 15) is 18.1 Å². The van der Waals surface area contributed by atoms with Gasteiger partial charge in [0.25, 0.3) is 5.91 Å². The molecule has 8 heteroatoms. The molecule has 0 saturated heterocycles. The highest BCUT2D eigenvalue weighted by Gasteiger charge is 2.29. The van der Waals surface area contributed by atoms with Crippen LogP contribution in [0.5, 0.6) is 0 Å². The lowest BCUT2D eigenvalue weighted by atomic mass is 10.2. The average Bonchev–Trinajstić information content (AvgIpc) is 3.01. The van der Waals surface area contributed by atoms with Gasteiger partial charge >= 0.3 is 0 Å². The summed E-state index contributed by atoms with van der Waals surface area (Å²) < 4.78 is 37.8. The average molecular weight is 359 g/mol. The minimum atomic E-state index is -1.31. The first-order valence-electron chi connectivity index (χ1n) is 6.80. The summed E-state index contributed by atoms with van der Waals surface area (Å²) in [6.07, 6.45) is 1.54. The van der Waals surface area contributed by atoms with Crippen molar-refractivity contribution in [2.75, 3.05) is 5.32 Å². The van der Waals surface area contributed by atoms with Crippen molar-refractivity contribution in [1.29, 1.82) is 0 Å². The van der Waals surface area contributed by atoms with Crippen LogP contribution in [0.25, 0.3) is 0 Å². The Morgan fingerprint density at radius 2 is 2.13 bits per heavy atom. The molecule has 0 radical (unpaired) electrons. The van der Waals surface area contributed by atoms with Gasteiger partial charge < -0.3 is 14.4 Å². The number of carbonyl (C=O) groups is 1. The second-order valence-corrected chi connectivity index (χ2v) is 6.66. The Balaban J connectivity index is 1.98. The first-order chi connectivity index (χ1) is 10.9. The van der Waals surface area contributed by atoms with E-state index in [1.54, 1.807) is 4.57 Å². The number of anilines is 1. The summed E-state index contributed by atoms with van der Waals surface area (Å²) in [5, 5.41) is 2.65. The van der Waals surface area contributed by atoms with Crippen molar-refractivity contribution in [2.45, 2.75) is 24.3 Å². The van der Waals surface area contributed by atoms with Crippen LogP contribution >= 0.6 is 22.4 Å². The maximum absolute atomic E-state index is 13.2. The molecule has 1 atom stereocenters. The monoisotopic (exact) mass is 358 g/mol. The molecule has 0 aliphatic carbocycles. The third-order valence-corrected chi connectivity index (χ3v) is 5.08. The first-order valence-corrected chi connectivity index (χ1v) is 8.53. The van der Waals surface area contributed by atoms with Gasteiger partial charge in [-0.05, 0) is 41.6 Å². The number of amides is 1. The molecule has 4 nitrogen and oxygen atoms in total. The number of rotatable bonds is 3. The smallest absolute Gasteiger partial charge is 0.273 e. The predicted octanol–water partition coefficient (Wildman–Crippen LogP) is 4.15. The minimum Gasteiger partial charge on any atom is -0.338 e. The first kappa shape index (κ1) is 16.2. The molecule has 122 valence electrons. The number of aromatic nitrogens is 1. The van der Waals surface area contributed by atoms with E-state index in [4.69, 9.17) is 11.6 Å². The molecular formula is C15H13ClF2N2O2S. The fourth-order valence-corrected chi connectivity index (χ4v) is 4.09. The fourth-order valence-electron chi connectivity index (χ4n) is 2.74. The van der Waals surface area contributed by atoms with E-state index in [-0.39, 0.29) is 16.4 Å². The van der Waals surface area contributed by atoms with Crippen molar-refractivity contribution in [1.82, 2.24) is 4.57 Å². The molecule has 0 spiro atoms. The Bertz CT molecular complexity index is 835. The van der Waals surface area contributed by atoms with Crippen LogP contribution < -0.4 is 5.32 Å². The van der Waals surface area contributed by atoms with Crippen LogP contribution in [0, 0.1) is 11.6 Å². The highest BCUT2D eigenvalue weighted by molar-refractivity contribution is 8.09. The Hall–Kier alpha value is -1.70. The topological polar surface area (TPSA) is 54.3 Å². The molecular weight excluding hydrogens is 346 g/mol. The summed E-state index contributed by atoms with van der Waals surface area (Å²) in [7, 11) is -1.31. The van der Waals surface area contributed by atoms with Gasteiger partial charge in [0, 0.05) is 24.0 Å². The number of nitrogens with zero attached hydrogens (tertiary/aromatic N) is 1. The summed E-state index contributed by atoms with van der Waals surface area (Å²) >= 11 is 6.25. The summed E-state index contributed by atoms with van der Waals surface area (Å²) in [6.45, 7) is 0.604. The summed E-state index contributed by atoms with van der Waals surface area (Å²) in [5.41, 5.74) is 1.12. The molecule has 2 heterocycles. The molecule has 0 bridgehead atoms. The van der Waals surface area contributed by atoms with Gasteiger partial charge in [-0.2, -0.15) is 0 Å². The van der Waals surface area contributed by atoms with Crippen molar-refractivity contribution in [2.24, 2.45) is 0 Å². The second kappa shape index (κ2) is 6.07. The summed E-state index contributed by atoms with van der Waals surface area (Å²) in [5.74, 6) is 1.00. The van der Waals surface area contributed by atoms with Gasteiger partial charge in [0.2, 0.25) is 0 Å². The predicted molar refractivity (Wildman–Crippen MR) is 87.7 cm³/mol. The maximum Gasteiger partial charge on any atom is 0.273 e. The number of benzene rings is 1. The van der Waals surface area contributed by atoms with E-state index in [0.29, 0.717) is 17.9 Å². The Kier molecular flexibility index (Phi) is 4.27. The van der Waals surface area contributed by atoms with Gasteiger partial charge in [-0.25, -0.2) is 8.78 Å². The van der Waals surface area contributed by atoms with Crippen molar-refractivity contribution < 1.29 is 18.1 Å². The zero-order chi connectivity index (χ0) is 16.7. The van der Waals surface area contributed by atoms with Crippen molar-refractivity contribution >= 4 is 39.8 Å². The minimum absolute atomic E-state index is 0.123. The molecule has 0 saturated carbocycles. The van der Waals surface area contributed by atoms with E-state index < -0.39 is 28.3 Å². The molecule has 0 fully saturated rings. The van der Waals surface area contributed by atoms with Gasteiger partial charge in [-0.15, -0.1) is 0 Å². The van der Waals surface area contributed by atoms with Crippen LogP contribution in [0.2, 0.25) is 5.02 Å². The molecule has 1 aliphatic heterocycles. The van der Waals surface area contributed by atoms with Crippen LogP contribution in [0.3, 0.4) is 0 Å². The van der Waals surface area contributed by atoms with Crippen molar-refractivity contribution in [3.8, 4) is 0 Å². The molecule has 2 N–H and O–H groups in total. The molecule has 1 aliphatic rings. The van der Waals surface area contributed by atoms with Crippen molar-refractivity contribution in [3.05, 3.63) is 46.2 Å². The number of carbonyl (C=O) groups excluding carboxylic acids is 1. The lowest BCUT2D eigenvalue weighted by Crippen LogP contribution is -2.17.